The van der Waals surface area contributed by atoms with E-state index in [-0.39, 0.29) is 35.5 Å². The summed E-state index contributed by atoms with van der Waals surface area (Å²) < 4.78 is 43.4. The van der Waals surface area contributed by atoms with E-state index in [1.165, 1.54) is 20.2 Å². The number of carbonyl (C=O) groups is 1. The molecule has 0 bridgehead atoms. The molecule has 2 rings (SSSR count). The zero-order chi connectivity index (χ0) is 17.2. The standard InChI is InChI=1S/C14H18ClFN2O4S/c1-18(2)23(20,21)8-9-6-22-7-13(9)17-14(19)11-4-3-10(16)5-12(11)15/h3-5,9,13H,6-8H2,1-2H3,(H,17,19)/t9-,13-/m0/s1. The van der Waals surface area contributed by atoms with Crippen LogP contribution < -0.4 is 5.32 Å². The molecule has 6 nitrogen and oxygen atoms in total. The number of nitrogens with zero attached hydrogens (tertiary/aromatic N) is 1. The summed E-state index contributed by atoms with van der Waals surface area (Å²) in [6, 6.07) is 3.03. The van der Waals surface area contributed by atoms with Crippen LogP contribution in [0.1, 0.15) is 10.4 Å². The molecule has 1 aliphatic heterocycles. The maximum absolute atomic E-state index is 13.0. The zero-order valence-electron chi connectivity index (χ0n) is 12.8. The van der Waals surface area contributed by atoms with Gasteiger partial charge < -0.3 is 10.1 Å². The first-order chi connectivity index (χ1) is 10.7. The summed E-state index contributed by atoms with van der Waals surface area (Å²) in [6.07, 6.45) is 0. The number of nitrogens with one attached hydrogen (secondary N) is 1. The van der Waals surface area contributed by atoms with Gasteiger partial charge in [0.1, 0.15) is 5.82 Å². The van der Waals surface area contributed by atoms with Crippen LogP contribution in [0.2, 0.25) is 5.02 Å². The molecule has 2 atom stereocenters. The summed E-state index contributed by atoms with van der Waals surface area (Å²) in [5.74, 6) is -1.50. The minimum absolute atomic E-state index is 0.00104. The van der Waals surface area contributed by atoms with Crippen molar-refractivity contribution in [2.45, 2.75) is 6.04 Å². The molecule has 0 aromatic heterocycles. The van der Waals surface area contributed by atoms with E-state index in [0.29, 0.717) is 0 Å². The minimum atomic E-state index is -3.40. The second kappa shape index (κ2) is 7.12. The van der Waals surface area contributed by atoms with Gasteiger partial charge in [-0.1, -0.05) is 11.6 Å². The topological polar surface area (TPSA) is 75.7 Å². The van der Waals surface area contributed by atoms with Crippen molar-refractivity contribution in [3.05, 3.63) is 34.6 Å². The van der Waals surface area contributed by atoms with Crippen LogP contribution in [0, 0.1) is 11.7 Å². The highest BCUT2D eigenvalue weighted by Gasteiger charge is 2.34. The van der Waals surface area contributed by atoms with Gasteiger partial charge in [-0.3, -0.25) is 4.79 Å². The summed E-state index contributed by atoms with van der Waals surface area (Å²) in [5.41, 5.74) is 0.134. The smallest absolute Gasteiger partial charge is 0.253 e. The molecule has 1 fully saturated rings. The largest absolute Gasteiger partial charge is 0.379 e. The number of hydrogen-bond donors (Lipinski definition) is 1. The van der Waals surface area contributed by atoms with Gasteiger partial charge in [0, 0.05) is 20.0 Å². The molecular weight excluding hydrogens is 347 g/mol. The summed E-state index contributed by atoms with van der Waals surface area (Å²) in [5, 5.41) is 2.71. The van der Waals surface area contributed by atoms with Crippen molar-refractivity contribution >= 4 is 27.5 Å². The average molecular weight is 365 g/mol. The van der Waals surface area contributed by atoms with Gasteiger partial charge in [0.05, 0.1) is 35.6 Å². The van der Waals surface area contributed by atoms with Crippen molar-refractivity contribution in [2.75, 3.05) is 33.1 Å². The SMILES string of the molecule is CN(C)S(=O)(=O)C[C@@H]1COC[C@@H]1NC(=O)c1ccc(F)cc1Cl. The number of benzene rings is 1. The van der Waals surface area contributed by atoms with Gasteiger partial charge in [0.15, 0.2) is 0 Å². The van der Waals surface area contributed by atoms with Crippen molar-refractivity contribution < 1.29 is 22.3 Å². The van der Waals surface area contributed by atoms with Crippen LogP contribution in [0.5, 0.6) is 0 Å². The molecule has 1 heterocycles. The van der Waals surface area contributed by atoms with E-state index in [1.54, 1.807) is 0 Å². The van der Waals surface area contributed by atoms with Crippen LogP contribution in [0.15, 0.2) is 18.2 Å². The molecule has 0 saturated carbocycles. The highest BCUT2D eigenvalue weighted by molar-refractivity contribution is 7.89. The predicted molar refractivity (Wildman–Crippen MR) is 84.4 cm³/mol. The summed E-state index contributed by atoms with van der Waals surface area (Å²) in [6.45, 7) is 0.466. The Kier molecular flexibility index (Phi) is 5.61. The van der Waals surface area contributed by atoms with Gasteiger partial charge >= 0.3 is 0 Å². The molecular formula is C14H18ClFN2O4S. The van der Waals surface area contributed by atoms with Crippen LogP contribution in [0.25, 0.3) is 0 Å². The fourth-order valence-electron chi connectivity index (χ4n) is 2.26. The Balaban J connectivity index is 2.08. The molecule has 128 valence electrons. The Morgan fingerprint density at radius 1 is 1.43 bits per heavy atom. The highest BCUT2D eigenvalue weighted by atomic mass is 35.5. The average Bonchev–Trinajstić information content (AvgIpc) is 2.84. The molecule has 9 heteroatoms. The van der Waals surface area contributed by atoms with Gasteiger partial charge in [0.25, 0.3) is 5.91 Å². The van der Waals surface area contributed by atoms with Crippen molar-refractivity contribution in [1.82, 2.24) is 9.62 Å². The molecule has 0 unspecified atom stereocenters. The van der Waals surface area contributed by atoms with Crippen LogP contribution in [-0.4, -0.2) is 57.7 Å². The van der Waals surface area contributed by atoms with Gasteiger partial charge in [-0.2, -0.15) is 0 Å². The zero-order valence-corrected chi connectivity index (χ0v) is 14.3. The normalized spacial score (nSPS) is 21.6. The highest BCUT2D eigenvalue weighted by Crippen LogP contribution is 2.20. The Bertz CT molecular complexity index is 696. The lowest BCUT2D eigenvalue weighted by molar-refractivity contribution is 0.0926. The molecule has 1 aliphatic rings. The number of rotatable bonds is 5. The summed E-state index contributed by atoms with van der Waals surface area (Å²) in [7, 11) is -0.492. The number of amides is 1. The monoisotopic (exact) mass is 364 g/mol. The van der Waals surface area contributed by atoms with E-state index < -0.39 is 27.8 Å². The van der Waals surface area contributed by atoms with Gasteiger partial charge in [0.2, 0.25) is 10.0 Å². The molecule has 1 saturated heterocycles. The molecule has 1 N–H and O–H groups in total. The van der Waals surface area contributed by atoms with Crippen LogP contribution >= 0.6 is 11.6 Å². The van der Waals surface area contributed by atoms with E-state index in [9.17, 15) is 17.6 Å². The molecule has 1 aromatic rings. The van der Waals surface area contributed by atoms with E-state index in [4.69, 9.17) is 16.3 Å². The van der Waals surface area contributed by atoms with Crippen molar-refractivity contribution in [1.29, 1.82) is 0 Å². The van der Waals surface area contributed by atoms with Crippen LogP contribution in [-0.2, 0) is 14.8 Å². The first-order valence-corrected chi connectivity index (χ1v) is 8.93. The molecule has 23 heavy (non-hydrogen) atoms. The molecule has 1 amide bonds. The maximum atomic E-state index is 13.0. The van der Waals surface area contributed by atoms with E-state index >= 15 is 0 Å². The van der Waals surface area contributed by atoms with E-state index in [2.05, 4.69) is 5.32 Å². The minimum Gasteiger partial charge on any atom is -0.379 e. The quantitative estimate of drug-likeness (QED) is 0.849. The van der Waals surface area contributed by atoms with Crippen molar-refractivity contribution in [3.8, 4) is 0 Å². The second-order valence-electron chi connectivity index (χ2n) is 5.56. The third kappa shape index (κ3) is 4.41. The summed E-state index contributed by atoms with van der Waals surface area (Å²) in [4.78, 5) is 12.2. The van der Waals surface area contributed by atoms with Gasteiger partial charge in [-0.25, -0.2) is 17.1 Å². The first kappa shape index (κ1) is 18.1. The molecule has 0 aliphatic carbocycles. The second-order valence-corrected chi connectivity index (χ2v) is 8.20. The lowest BCUT2D eigenvalue weighted by Gasteiger charge is -2.21. The maximum Gasteiger partial charge on any atom is 0.253 e. The van der Waals surface area contributed by atoms with E-state index in [0.717, 1.165) is 16.4 Å². The Hall–Kier alpha value is -1.22. The van der Waals surface area contributed by atoms with Crippen LogP contribution in [0.4, 0.5) is 4.39 Å². The number of sulfonamides is 1. The van der Waals surface area contributed by atoms with Crippen molar-refractivity contribution in [3.63, 3.8) is 0 Å². The Labute approximate surface area is 139 Å². The third-order valence-corrected chi connectivity index (χ3v) is 5.95. The summed E-state index contributed by atoms with van der Waals surface area (Å²) >= 11 is 5.86. The molecule has 1 aromatic carbocycles. The van der Waals surface area contributed by atoms with Gasteiger partial charge in [-0.05, 0) is 18.2 Å². The lowest BCUT2D eigenvalue weighted by atomic mass is 10.1. The van der Waals surface area contributed by atoms with Crippen molar-refractivity contribution in [2.24, 2.45) is 5.92 Å². The van der Waals surface area contributed by atoms with E-state index in [1.807, 2.05) is 0 Å². The predicted octanol–water partition coefficient (Wildman–Crippen LogP) is 1.12. The Morgan fingerprint density at radius 3 is 2.74 bits per heavy atom. The number of ether oxygens (including phenoxy) is 1. The molecule has 0 spiro atoms. The van der Waals surface area contributed by atoms with Crippen LogP contribution in [0.3, 0.4) is 0 Å². The fourth-order valence-corrected chi connectivity index (χ4v) is 3.68. The lowest BCUT2D eigenvalue weighted by Crippen LogP contribution is -2.43. The first-order valence-electron chi connectivity index (χ1n) is 6.94. The fraction of sp³-hybridized carbons (Fsp3) is 0.500. The number of carbonyl (C=O) groups excluding carboxylic acids is 1. The number of halogens is 2. The third-order valence-electron chi connectivity index (χ3n) is 3.67. The van der Waals surface area contributed by atoms with Gasteiger partial charge in [-0.15, -0.1) is 0 Å². The Morgan fingerprint density at radius 2 is 2.13 bits per heavy atom. The molecule has 0 radical (unpaired) electrons. The number of hydrogen-bond acceptors (Lipinski definition) is 4.